The molecule has 2 aliphatic rings. The van der Waals surface area contributed by atoms with Gasteiger partial charge in [0.1, 0.15) is 24.1 Å². The van der Waals surface area contributed by atoms with Gasteiger partial charge in [-0.1, -0.05) is 0 Å². The van der Waals surface area contributed by atoms with Gasteiger partial charge >= 0.3 is 0 Å². The van der Waals surface area contributed by atoms with Gasteiger partial charge in [0.2, 0.25) is 11.8 Å². The molecule has 0 radical (unpaired) electrons. The highest BCUT2D eigenvalue weighted by Gasteiger charge is 2.35. The Bertz CT molecular complexity index is 714. The van der Waals surface area contributed by atoms with Crippen LogP contribution >= 0.6 is 0 Å². The highest BCUT2D eigenvalue weighted by molar-refractivity contribution is 5.94. The largest absolute Gasteiger partial charge is 0.475 e. The molecule has 2 atom stereocenters. The van der Waals surface area contributed by atoms with Crippen molar-refractivity contribution < 1.29 is 9.53 Å². The van der Waals surface area contributed by atoms with Crippen molar-refractivity contribution in [3.8, 4) is 5.88 Å². The molecule has 1 saturated heterocycles. The number of hydrogen-bond donors (Lipinski definition) is 1. The average molecular weight is 285 g/mol. The fourth-order valence-electron chi connectivity index (χ4n) is 3.16. The zero-order chi connectivity index (χ0) is 14.4. The second-order valence-corrected chi connectivity index (χ2v) is 5.50. The first-order valence-corrected chi connectivity index (χ1v) is 7.02. The number of piperidine rings is 1. The third kappa shape index (κ3) is 1.88. The van der Waals surface area contributed by atoms with E-state index in [-0.39, 0.29) is 17.9 Å². The standard InChI is InChI=1S/C14H15N5O2/c15-12(20)8-1-2-9-6-21-14-11-10(3-4-16-14)17-7-18-13(11)19(9)5-8/h3-4,7-9H,1-2,5-6H2,(H2,15,20). The second kappa shape index (κ2) is 4.54. The Labute approximate surface area is 121 Å². The van der Waals surface area contributed by atoms with E-state index in [1.165, 1.54) is 6.33 Å². The van der Waals surface area contributed by atoms with Gasteiger partial charge in [0, 0.05) is 12.7 Å². The zero-order valence-corrected chi connectivity index (χ0v) is 11.4. The van der Waals surface area contributed by atoms with Crippen LogP contribution in [0.5, 0.6) is 5.88 Å². The summed E-state index contributed by atoms with van der Waals surface area (Å²) in [7, 11) is 0. The zero-order valence-electron chi connectivity index (χ0n) is 11.4. The maximum Gasteiger partial charge on any atom is 0.226 e. The molecule has 0 aromatic carbocycles. The van der Waals surface area contributed by atoms with Crippen molar-refractivity contribution in [2.75, 3.05) is 18.1 Å². The lowest BCUT2D eigenvalue weighted by Gasteiger charge is -2.38. The molecule has 0 aliphatic carbocycles. The molecule has 7 heteroatoms. The molecule has 2 aliphatic heterocycles. The van der Waals surface area contributed by atoms with E-state index >= 15 is 0 Å². The number of anilines is 1. The Balaban J connectivity index is 1.86. The molecular formula is C14H15N5O2. The number of primary amides is 1. The molecule has 2 aromatic rings. The summed E-state index contributed by atoms with van der Waals surface area (Å²) < 4.78 is 5.84. The number of carbonyl (C=O) groups excluding carboxylic acids is 1. The first kappa shape index (κ1) is 12.3. The van der Waals surface area contributed by atoms with Crippen LogP contribution in [-0.4, -0.2) is 40.1 Å². The minimum Gasteiger partial charge on any atom is -0.475 e. The number of ether oxygens (including phenoxy) is 1. The van der Waals surface area contributed by atoms with Crippen molar-refractivity contribution in [1.82, 2.24) is 15.0 Å². The lowest BCUT2D eigenvalue weighted by molar-refractivity contribution is -0.122. The van der Waals surface area contributed by atoms with Crippen molar-refractivity contribution >= 4 is 22.6 Å². The van der Waals surface area contributed by atoms with Crippen LogP contribution in [0.4, 0.5) is 5.82 Å². The summed E-state index contributed by atoms with van der Waals surface area (Å²) in [5.41, 5.74) is 6.28. The molecule has 0 bridgehead atoms. The lowest BCUT2D eigenvalue weighted by atomic mass is 9.92. The second-order valence-electron chi connectivity index (χ2n) is 5.50. The number of hydrogen-bond acceptors (Lipinski definition) is 6. The molecule has 1 amide bonds. The molecule has 108 valence electrons. The van der Waals surface area contributed by atoms with E-state index in [0.717, 1.165) is 29.6 Å². The lowest BCUT2D eigenvalue weighted by Crippen LogP contribution is -2.49. The predicted octanol–water partition coefficient (Wildman–Crippen LogP) is 0.487. The summed E-state index contributed by atoms with van der Waals surface area (Å²) in [4.78, 5) is 26.6. The van der Waals surface area contributed by atoms with E-state index < -0.39 is 0 Å². The van der Waals surface area contributed by atoms with E-state index in [4.69, 9.17) is 10.5 Å². The van der Waals surface area contributed by atoms with Crippen molar-refractivity contribution in [1.29, 1.82) is 0 Å². The van der Waals surface area contributed by atoms with E-state index in [0.29, 0.717) is 19.0 Å². The van der Waals surface area contributed by atoms with Crippen LogP contribution in [0, 0.1) is 5.92 Å². The van der Waals surface area contributed by atoms with Crippen molar-refractivity contribution in [2.45, 2.75) is 18.9 Å². The van der Waals surface area contributed by atoms with Gasteiger partial charge in [0.25, 0.3) is 0 Å². The Morgan fingerprint density at radius 3 is 3.10 bits per heavy atom. The monoisotopic (exact) mass is 285 g/mol. The van der Waals surface area contributed by atoms with Gasteiger partial charge < -0.3 is 15.4 Å². The summed E-state index contributed by atoms with van der Waals surface area (Å²) in [6.45, 7) is 1.11. The number of rotatable bonds is 1. The number of fused-ring (bicyclic) bond motifs is 2. The fourth-order valence-corrected chi connectivity index (χ4v) is 3.16. The minimum atomic E-state index is -0.254. The first-order valence-electron chi connectivity index (χ1n) is 7.02. The average Bonchev–Trinajstić information content (AvgIpc) is 2.67. The Hall–Kier alpha value is -2.44. The Morgan fingerprint density at radius 1 is 1.33 bits per heavy atom. The minimum absolute atomic E-state index is 0.149. The first-order chi connectivity index (χ1) is 10.2. The highest BCUT2D eigenvalue weighted by atomic mass is 16.5. The summed E-state index contributed by atoms with van der Waals surface area (Å²) in [6, 6.07) is 2.02. The van der Waals surface area contributed by atoms with Crippen molar-refractivity contribution in [3.05, 3.63) is 18.6 Å². The number of aromatic nitrogens is 3. The van der Waals surface area contributed by atoms with Crippen LogP contribution in [-0.2, 0) is 4.79 Å². The fraction of sp³-hybridized carbons (Fsp3) is 0.429. The van der Waals surface area contributed by atoms with E-state index in [1.54, 1.807) is 6.20 Å². The third-order valence-electron chi connectivity index (χ3n) is 4.29. The van der Waals surface area contributed by atoms with Crippen LogP contribution < -0.4 is 15.4 Å². The van der Waals surface area contributed by atoms with Gasteiger partial charge in [-0.2, -0.15) is 0 Å². The summed E-state index contributed by atoms with van der Waals surface area (Å²) in [6.07, 6.45) is 4.87. The molecule has 1 fully saturated rings. The molecule has 0 saturated carbocycles. The molecule has 2 unspecified atom stereocenters. The molecule has 7 nitrogen and oxygen atoms in total. The van der Waals surface area contributed by atoms with E-state index in [9.17, 15) is 4.79 Å². The van der Waals surface area contributed by atoms with Gasteiger partial charge in [-0.05, 0) is 18.9 Å². The molecule has 4 rings (SSSR count). The van der Waals surface area contributed by atoms with Crippen molar-refractivity contribution in [2.24, 2.45) is 11.7 Å². The summed E-state index contributed by atoms with van der Waals surface area (Å²) in [5, 5.41) is 0.813. The van der Waals surface area contributed by atoms with Gasteiger partial charge in [0.05, 0.1) is 17.5 Å². The number of pyridine rings is 1. The molecular weight excluding hydrogens is 270 g/mol. The Kier molecular flexibility index (Phi) is 2.66. The summed E-state index contributed by atoms with van der Waals surface area (Å²) in [5.74, 6) is 0.949. The van der Waals surface area contributed by atoms with Gasteiger partial charge in [-0.15, -0.1) is 0 Å². The number of nitrogens with zero attached hydrogens (tertiary/aromatic N) is 4. The number of nitrogens with two attached hydrogens (primary N) is 1. The molecule has 4 heterocycles. The maximum atomic E-state index is 11.5. The van der Waals surface area contributed by atoms with E-state index in [1.807, 2.05) is 6.07 Å². The smallest absolute Gasteiger partial charge is 0.226 e. The summed E-state index contributed by atoms with van der Waals surface area (Å²) >= 11 is 0. The topological polar surface area (TPSA) is 94.2 Å². The number of amides is 1. The highest BCUT2D eigenvalue weighted by Crippen LogP contribution is 2.37. The van der Waals surface area contributed by atoms with E-state index in [2.05, 4.69) is 19.9 Å². The molecule has 0 spiro atoms. The van der Waals surface area contributed by atoms with Crippen molar-refractivity contribution in [3.63, 3.8) is 0 Å². The number of carbonyl (C=O) groups is 1. The molecule has 21 heavy (non-hydrogen) atoms. The maximum absolute atomic E-state index is 11.5. The third-order valence-corrected chi connectivity index (χ3v) is 4.29. The van der Waals surface area contributed by atoms with Crippen LogP contribution in [0.15, 0.2) is 18.6 Å². The van der Waals surface area contributed by atoms with Gasteiger partial charge in [0.15, 0.2) is 0 Å². The predicted molar refractivity (Wildman–Crippen MR) is 75.9 cm³/mol. The Morgan fingerprint density at radius 2 is 2.24 bits per heavy atom. The SMILES string of the molecule is NC(=O)C1CCC2COc3nccc4ncnc(c34)N2C1. The normalized spacial score (nSPS) is 24.1. The van der Waals surface area contributed by atoms with Gasteiger partial charge in [-0.25, -0.2) is 15.0 Å². The van der Waals surface area contributed by atoms with Gasteiger partial charge in [-0.3, -0.25) is 4.79 Å². The quantitative estimate of drug-likeness (QED) is 0.819. The van der Waals surface area contributed by atoms with Crippen LogP contribution in [0.2, 0.25) is 0 Å². The van der Waals surface area contributed by atoms with Crippen LogP contribution in [0.1, 0.15) is 12.8 Å². The molecule has 2 aromatic heterocycles. The van der Waals surface area contributed by atoms with Crippen LogP contribution in [0.25, 0.3) is 10.9 Å². The van der Waals surface area contributed by atoms with Crippen LogP contribution in [0.3, 0.4) is 0 Å². The molecule has 2 N–H and O–H groups in total.